The molecule has 0 aromatic carbocycles. The molecule has 2 saturated heterocycles. The maximum atomic E-state index is 13.4. The fraction of sp³-hybridized carbons (Fsp3) is 0.647. The van der Waals surface area contributed by atoms with Gasteiger partial charge in [0.15, 0.2) is 47.2 Å². The van der Waals surface area contributed by atoms with Gasteiger partial charge in [0.1, 0.15) is 24.2 Å². The third kappa shape index (κ3) is 19.0. The Labute approximate surface area is 595 Å². The minimum atomic E-state index is -1.68. The second-order valence-electron chi connectivity index (χ2n) is 22.6. The van der Waals surface area contributed by atoms with Gasteiger partial charge in [-0.3, -0.25) is 47.2 Å². The zero-order valence-corrected chi connectivity index (χ0v) is 52.2. The van der Waals surface area contributed by atoms with E-state index in [-0.39, 0.29) is 240 Å². The standard InChI is InChI=1S/C51H70N24O10.6Li/c1-55-35-23-57-73(32-11-6-3-7-12-32)41(35)69-67-37-34(71-75(39(37)54)49-61-47(63-51(85)65-49)59-30-19-26(44(80)81)16-27(20-30)45(82)83)14-8-13-33-36(66-68-40-28(21-52)22-56-72(40)31-9-4-2-5-10-31)38(53)74(70-33)48-60-46(62-50(84)64-48)58-29-17-24(42(76)77)15-25(18-29)43(78)79;;;;;;/h22-27,29-32,46-51,58-65H,2-20,53-54H2,(H,76,77)(H,78,79)(H,80,81)(H,82,83);;;;;;/q-2;6*+1/p-4. The zero-order chi connectivity index (χ0) is 60.1. The molecule has 4 aromatic heterocycles. The van der Waals surface area contributed by atoms with E-state index in [4.69, 9.17) is 28.2 Å². The summed E-state index contributed by atoms with van der Waals surface area (Å²) in [5.74, 6) is -9.71. The number of nitriles is 1. The van der Waals surface area contributed by atoms with Crippen molar-refractivity contribution in [2.45, 2.75) is 184 Å². The molecule has 34 nitrogen and oxygen atoms in total. The number of carbonyl (C=O) groups excluding carboxylic acids is 4. The molecule has 6 heterocycles. The van der Waals surface area contributed by atoms with E-state index in [1.165, 1.54) is 21.8 Å². The summed E-state index contributed by atoms with van der Waals surface area (Å²) in [5.41, 5.74) is 14.8. The molecule has 4 aromatic rings. The Hall–Kier alpha value is -4.32. The summed E-state index contributed by atoms with van der Waals surface area (Å²) < 4.78 is 5.94. The molecule has 456 valence electrons. The predicted molar refractivity (Wildman–Crippen MR) is 281 cm³/mol. The van der Waals surface area contributed by atoms with Crippen LogP contribution in [0.5, 0.6) is 0 Å². The first-order valence-electron chi connectivity index (χ1n) is 28.7. The number of nitrogens with two attached hydrogens (primary N) is 2. The van der Waals surface area contributed by atoms with Gasteiger partial charge in [-0.15, -0.1) is 20.5 Å². The van der Waals surface area contributed by atoms with E-state index >= 15 is 0 Å². The van der Waals surface area contributed by atoms with Crippen LogP contribution >= 0.6 is 0 Å². The van der Waals surface area contributed by atoms with Gasteiger partial charge in [0.25, 0.3) is 5.69 Å². The number of aryl methyl sites for hydroxylation is 2. The van der Waals surface area contributed by atoms with Gasteiger partial charge in [-0.2, -0.15) is 25.7 Å². The summed E-state index contributed by atoms with van der Waals surface area (Å²) in [6, 6.07) is 0.663. The van der Waals surface area contributed by atoms with Crippen molar-refractivity contribution < 1.29 is 163 Å². The van der Waals surface area contributed by atoms with Gasteiger partial charge in [-0.25, -0.2) is 18.9 Å². The van der Waals surface area contributed by atoms with E-state index in [0.717, 1.165) is 64.2 Å². The summed E-state index contributed by atoms with van der Waals surface area (Å²) in [6.45, 7) is 7.93. The number of hydrogen-bond donors (Lipinski definition) is 10. The molecule has 0 bridgehead atoms. The maximum Gasteiger partial charge on any atom is 1.00 e. The molecule has 10 atom stereocenters. The minimum absolute atomic E-state index is 0. The van der Waals surface area contributed by atoms with E-state index in [1.807, 2.05) is 0 Å². The molecule has 40 heteroatoms. The monoisotopic (exact) mass is 1220 g/mol. The van der Waals surface area contributed by atoms with E-state index in [2.05, 4.69) is 84.1 Å². The number of nitrogens with one attached hydrogen (secondary N) is 8. The van der Waals surface area contributed by atoms with Crippen LogP contribution in [0.25, 0.3) is 4.85 Å². The second-order valence-corrected chi connectivity index (χ2v) is 22.6. The van der Waals surface area contributed by atoms with Gasteiger partial charge >= 0.3 is 113 Å². The number of aliphatic carboxylic acids is 4. The van der Waals surface area contributed by atoms with Crippen LogP contribution in [-0.2, 0) is 32.0 Å². The Morgan fingerprint density at radius 3 is 1.34 bits per heavy atom. The van der Waals surface area contributed by atoms with Gasteiger partial charge in [-0.05, 0) is 96.2 Å². The van der Waals surface area contributed by atoms with Crippen LogP contribution in [0.2, 0.25) is 0 Å². The second kappa shape index (κ2) is 36.0. The normalized spacial score (nSPS) is 27.1. The molecule has 4 aliphatic carbocycles. The van der Waals surface area contributed by atoms with Crippen molar-refractivity contribution in [3.8, 4) is 6.07 Å². The first-order chi connectivity index (χ1) is 40.9. The molecule has 12 N–H and O–H groups in total. The Morgan fingerprint density at radius 1 is 0.571 bits per heavy atom. The molecular formula is C51H66Li6N24O10. The molecule has 10 unspecified atom stereocenters. The van der Waals surface area contributed by atoms with Crippen molar-refractivity contribution in [3.05, 3.63) is 40.8 Å². The van der Waals surface area contributed by atoms with Crippen LogP contribution in [0.15, 0.2) is 32.9 Å². The van der Waals surface area contributed by atoms with Crippen LogP contribution in [0.1, 0.15) is 151 Å². The average molecular weight is 1220 g/mol. The molecular weight excluding hydrogens is 1150 g/mol. The number of hydrogen-bond acceptors (Lipinski definition) is 29. The number of nitrogens with zero attached hydrogens (tertiary/aromatic N) is 14. The van der Waals surface area contributed by atoms with Crippen molar-refractivity contribution in [1.82, 2.24) is 81.7 Å². The van der Waals surface area contributed by atoms with Gasteiger partial charge < -0.3 is 61.3 Å². The Balaban J connectivity index is 0.00000295. The van der Waals surface area contributed by atoms with Crippen molar-refractivity contribution in [3.63, 3.8) is 0 Å². The molecule has 0 radical (unpaired) electrons. The number of carboxylic acid groups (broad SMARTS) is 4. The number of carboxylic acids is 4. The Morgan fingerprint density at radius 2 is 0.956 bits per heavy atom. The van der Waals surface area contributed by atoms with Crippen LogP contribution < -0.4 is 198 Å². The van der Waals surface area contributed by atoms with E-state index in [1.54, 1.807) is 9.36 Å². The smallest absolute Gasteiger partial charge is 0.829 e. The van der Waals surface area contributed by atoms with E-state index in [0.29, 0.717) is 0 Å². The van der Waals surface area contributed by atoms with Gasteiger partial charge in [-0.1, -0.05) is 38.5 Å². The average Bonchev–Trinajstić information content (AvgIpc) is 1.75. The molecule has 0 amide bonds. The van der Waals surface area contributed by atoms with Crippen LogP contribution in [0.3, 0.4) is 0 Å². The number of nitrogen functional groups attached to an aromatic ring is 2. The van der Waals surface area contributed by atoms with Crippen molar-refractivity contribution >= 4 is 64.2 Å². The predicted octanol–water partition coefficient (Wildman–Crippen LogP) is -21.8. The summed E-state index contributed by atoms with van der Waals surface area (Å²) in [4.78, 5) is 51.4. The van der Waals surface area contributed by atoms with Crippen molar-refractivity contribution in [2.24, 2.45) is 44.1 Å². The fourth-order valence-electron chi connectivity index (χ4n) is 12.6. The van der Waals surface area contributed by atoms with E-state index in [9.17, 15) is 55.1 Å². The minimum Gasteiger partial charge on any atom is -0.829 e. The fourth-order valence-corrected chi connectivity index (χ4v) is 12.6. The largest absolute Gasteiger partial charge is 1.00 e. The first-order valence-corrected chi connectivity index (χ1v) is 28.7. The number of aromatic nitrogens is 8. The number of rotatable bonds is 20. The molecule has 10 rings (SSSR count). The van der Waals surface area contributed by atoms with E-state index < -0.39 is 97.5 Å². The third-order valence-corrected chi connectivity index (χ3v) is 16.8. The Kier molecular flexibility index (Phi) is 31.3. The number of carbonyl (C=O) groups is 4. The molecule has 6 aliphatic rings. The summed E-state index contributed by atoms with van der Waals surface area (Å²) >= 11 is 0. The van der Waals surface area contributed by atoms with Gasteiger partial charge in [0, 0.05) is 59.6 Å². The van der Waals surface area contributed by atoms with Crippen molar-refractivity contribution in [1.29, 1.82) is 5.26 Å². The SMILES string of the molecule is [C-]#[N+]c1cnn(C2CCCCC2)c1N=Nc1c(CCCc2nn(C3NC([O-])NC(NC4CC(C(=O)[O-])CC(C(=O)[O-])C4)N3)c(N)c2N=Nc2c(C#N)cnn2C2CCCCC2)nn(C2NC([O-])NC(NC3CC(C(=O)[O-])CC(C(=O)[O-])C3)N2)c1N.[Li+].[Li+].[Li+].[Li+].[Li+].[Li+]. The number of azo groups is 2. The maximum absolute atomic E-state index is 13.4. The molecule has 6 fully saturated rings. The Bertz CT molecular complexity index is 3000. The topological polar surface area (TPSA) is 504 Å². The summed E-state index contributed by atoms with van der Waals surface area (Å²) in [5, 5.41) is 146. The molecule has 4 saturated carbocycles. The number of anilines is 2. The molecule has 91 heavy (non-hydrogen) atoms. The van der Waals surface area contributed by atoms with Gasteiger partial charge in [0.2, 0.25) is 0 Å². The zero-order valence-electron chi connectivity index (χ0n) is 52.2. The summed E-state index contributed by atoms with van der Waals surface area (Å²) in [6.07, 6.45) is 4.45. The van der Waals surface area contributed by atoms with Crippen LogP contribution in [0.4, 0.5) is 40.3 Å². The third-order valence-electron chi connectivity index (χ3n) is 16.8. The molecule has 0 spiro atoms. The van der Waals surface area contributed by atoms with Crippen LogP contribution in [0, 0.1) is 41.6 Å². The quantitative estimate of drug-likeness (QED) is 0.0223. The van der Waals surface area contributed by atoms with Crippen LogP contribution in [-0.4, -0.2) is 100 Å². The summed E-state index contributed by atoms with van der Waals surface area (Å²) in [7, 11) is 0. The molecule has 2 aliphatic heterocycles. The van der Waals surface area contributed by atoms with Gasteiger partial charge in [0.05, 0.1) is 42.4 Å². The van der Waals surface area contributed by atoms with Crippen molar-refractivity contribution in [2.75, 3.05) is 11.5 Å². The first kappa shape index (κ1) is 79.1.